The quantitative estimate of drug-likeness (QED) is 0.803. The van der Waals surface area contributed by atoms with Crippen LogP contribution in [0.15, 0.2) is 52.7 Å². The molecule has 1 amide bonds. The molecule has 0 saturated carbocycles. The fourth-order valence-corrected chi connectivity index (χ4v) is 1.73. The Hall–Kier alpha value is -2.36. The molecule has 1 aliphatic heterocycles. The third-order valence-corrected chi connectivity index (χ3v) is 2.70. The molecule has 0 radical (unpaired) electrons. The van der Waals surface area contributed by atoms with Crippen LogP contribution in [0.5, 0.6) is 0 Å². The van der Waals surface area contributed by atoms with Gasteiger partial charge in [0.2, 0.25) is 5.96 Å². The Bertz CT molecular complexity index is 556. The first kappa shape index (κ1) is 12.1. The minimum absolute atomic E-state index is 0.235. The molecular formula is C14H15N3O. The molecule has 0 spiro atoms. The van der Waals surface area contributed by atoms with Crippen molar-refractivity contribution in [2.24, 2.45) is 10.7 Å². The number of nitrogens with two attached hydrogens (primary N) is 1. The van der Waals surface area contributed by atoms with Gasteiger partial charge in [0, 0.05) is 7.05 Å². The molecule has 1 aromatic carbocycles. The van der Waals surface area contributed by atoms with Crippen molar-refractivity contribution in [2.75, 3.05) is 7.05 Å². The zero-order chi connectivity index (χ0) is 13.1. The van der Waals surface area contributed by atoms with Crippen LogP contribution < -0.4 is 5.73 Å². The zero-order valence-corrected chi connectivity index (χ0v) is 10.4. The Kier molecular flexibility index (Phi) is 3.28. The van der Waals surface area contributed by atoms with Gasteiger partial charge in [-0.15, -0.1) is 0 Å². The molecule has 4 heteroatoms. The van der Waals surface area contributed by atoms with Crippen LogP contribution in [0.2, 0.25) is 0 Å². The van der Waals surface area contributed by atoms with E-state index in [1.807, 2.05) is 43.3 Å². The third-order valence-electron chi connectivity index (χ3n) is 2.70. The Morgan fingerprint density at radius 3 is 2.56 bits per heavy atom. The second kappa shape index (κ2) is 4.87. The van der Waals surface area contributed by atoms with E-state index in [0.29, 0.717) is 5.70 Å². The number of hydrogen-bond donors (Lipinski definition) is 1. The van der Waals surface area contributed by atoms with Crippen LogP contribution in [0, 0.1) is 0 Å². The van der Waals surface area contributed by atoms with Crippen LogP contribution in [0.4, 0.5) is 0 Å². The predicted molar refractivity (Wildman–Crippen MR) is 72.6 cm³/mol. The highest BCUT2D eigenvalue weighted by Crippen LogP contribution is 2.15. The number of allylic oxidation sites excluding steroid dienone is 2. The van der Waals surface area contributed by atoms with Crippen LogP contribution in [0.25, 0.3) is 6.08 Å². The fraction of sp³-hybridized carbons (Fsp3) is 0.143. The van der Waals surface area contributed by atoms with Crippen molar-refractivity contribution in [2.45, 2.75) is 6.92 Å². The van der Waals surface area contributed by atoms with Gasteiger partial charge in [-0.05, 0) is 24.1 Å². The van der Waals surface area contributed by atoms with Gasteiger partial charge in [-0.3, -0.25) is 4.79 Å². The molecule has 1 aliphatic rings. The van der Waals surface area contributed by atoms with E-state index in [1.165, 1.54) is 0 Å². The van der Waals surface area contributed by atoms with Gasteiger partial charge in [-0.2, -0.15) is 4.99 Å². The van der Waals surface area contributed by atoms with Gasteiger partial charge in [0.25, 0.3) is 5.91 Å². The summed E-state index contributed by atoms with van der Waals surface area (Å²) >= 11 is 0. The number of guanidine groups is 1. The molecular weight excluding hydrogens is 226 g/mol. The summed E-state index contributed by atoms with van der Waals surface area (Å²) in [6.07, 6.45) is 3.79. The average Bonchev–Trinajstić information content (AvgIpc) is 2.57. The maximum Gasteiger partial charge on any atom is 0.296 e. The van der Waals surface area contributed by atoms with Crippen LogP contribution in [0.1, 0.15) is 12.5 Å². The number of hydrogen-bond acceptors (Lipinski definition) is 3. The van der Waals surface area contributed by atoms with E-state index in [4.69, 9.17) is 5.73 Å². The summed E-state index contributed by atoms with van der Waals surface area (Å²) in [6, 6.07) is 9.93. The number of likely N-dealkylation sites (N-methyl/N-ethyl adjacent to an activating group) is 1. The first-order chi connectivity index (χ1) is 8.58. The summed E-state index contributed by atoms with van der Waals surface area (Å²) in [5.41, 5.74) is 8.14. The van der Waals surface area contributed by atoms with Crippen molar-refractivity contribution in [3.63, 3.8) is 0 Å². The second-order valence-corrected chi connectivity index (χ2v) is 4.16. The molecule has 0 saturated heterocycles. The summed E-state index contributed by atoms with van der Waals surface area (Å²) in [5, 5.41) is 0. The number of benzene rings is 1. The smallest absolute Gasteiger partial charge is 0.296 e. The molecule has 0 bridgehead atoms. The van der Waals surface area contributed by atoms with Gasteiger partial charge in [-0.25, -0.2) is 0 Å². The van der Waals surface area contributed by atoms with Crippen LogP contribution in [-0.2, 0) is 4.79 Å². The molecule has 4 nitrogen and oxygen atoms in total. The maximum atomic E-state index is 11.6. The van der Waals surface area contributed by atoms with Crippen LogP contribution in [0.3, 0.4) is 0 Å². The van der Waals surface area contributed by atoms with Gasteiger partial charge >= 0.3 is 0 Å². The molecule has 1 aromatic rings. The van der Waals surface area contributed by atoms with E-state index < -0.39 is 0 Å². The van der Waals surface area contributed by atoms with Gasteiger partial charge in [0.1, 0.15) is 5.70 Å². The minimum atomic E-state index is -0.296. The summed E-state index contributed by atoms with van der Waals surface area (Å²) in [7, 11) is 1.73. The zero-order valence-electron chi connectivity index (χ0n) is 10.4. The lowest BCUT2D eigenvalue weighted by atomic mass is 10.1. The normalized spacial score (nSPS) is 18.4. The molecule has 0 atom stereocenters. The molecule has 0 unspecified atom stereocenters. The van der Waals surface area contributed by atoms with Gasteiger partial charge < -0.3 is 10.6 Å². The molecule has 92 valence electrons. The highest BCUT2D eigenvalue weighted by Gasteiger charge is 2.23. The maximum absolute atomic E-state index is 11.6. The monoisotopic (exact) mass is 241 g/mol. The van der Waals surface area contributed by atoms with Crippen molar-refractivity contribution in [3.05, 3.63) is 53.2 Å². The highest BCUT2D eigenvalue weighted by molar-refractivity contribution is 6.09. The summed E-state index contributed by atoms with van der Waals surface area (Å²) in [5.74, 6) is -0.0606. The van der Waals surface area contributed by atoms with Gasteiger partial charge in [0.05, 0.1) is 0 Å². The SMILES string of the molecule is CC(=C/c1ccccc1)/C=C1\C(=O)N=C(N)N1C. The summed E-state index contributed by atoms with van der Waals surface area (Å²) < 4.78 is 0. The summed E-state index contributed by atoms with van der Waals surface area (Å²) in [6.45, 7) is 1.94. The van der Waals surface area contributed by atoms with Gasteiger partial charge in [-0.1, -0.05) is 36.4 Å². The number of amides is 1. The Morgan fingerprint density at radius 2 is 2.00 bits per heavy atom. The van der Waals surface area contributed by atoms with Crippen molar-refractivity contribution in [1.82, 2.24) is 4.90 Å². The highest BCUT2D eigenvalue weighted by atomic mass is 16.2. The van der Waals surface area contributed by atoms with E-state index >= 15 is 0 Å². The first-order valence-corrected chi connectivity index (χ1v) is 5.65. The average molecular weight is 241 g/mol. The third kappa shape index (κ3) is 2.48. The Labute approximate surface area is 106 Å². The topological polar surface area (TPSA) is 58.7 Å². The van der Waals surface area contributed by atoms with Crippen molar-refractivity contribution in [3.8, 4) is 0 Å². The minimum Gasteiger partial charge on any atom is -0.369 e. The molecule has 0 fully saturated rings. The van der Waals surface area contributed by atoms with E-state index in [1.54, 1.807) is 18.0 Å². The summed E-state index contributed by atoms with van der Waals surface area (Å²) in [4.78, 5) is 16.9. The number of carbonyl (C=O) groups is 1. The van der Waals surface area contributed by atoms with Crippen LogP contribution in [-0.4, -0.2) is 23.8 Å². The molecule has 2 rings (SSSR count). The molecule has 18 heavy (non-hydrogen) atoms. The Balaban J connectivity index is 2.24. The number of rotatable bonds is 2. The van der Waals surface area contributed by atoms with E-state index in [0.717, 1.165) is 11.1 Å². The second-order valence-electron chi connectivity index (χ2n) is 4.16. The van der Waals surface area contributed by atoms with E-state index in [-0.39, 0.29) is 11.9 Å². The standard InChI is InChI=1S/C14H15N3O/c1-10(8-11-6-4-3-5-7-11)9-12-13(18)16-14(15)17(12)2/h3-9H,1-2H3,(H2,15,16,18)/b10-8-,12-9+. The Morgan fingerprint density at radius 1 is 1.33 bits per heavy atom. The molecule has 2 N–H and O–H groups in total. The lowest BCUT2D eigenvalue weighted by Crippen LogP contribution is -2.28. The lowest BCUT2D eigenvalue weighted by Gasteiger charge is -2.11. The number of nitrogens with zero attached hydrogens (tertiary/aromatic N) is 2. The molecule has 1 heterocycles. The fourth-order valence-electron chi connectivity index (χ4n) is 1.73. The number of aliphatic imine (C=N–C) groups is 1. The van der Waals surface area contributed by atoms with E-state index in [9.17, 15) is 4.79 Å². The van der Waals surface area contributed by atoms with Crippen molar-refractivity contribution < 1.29 is 4.79 Å². The molecule has 0 aliphatic carbocycles. The first-order valence-electron chi connectivity index (χ1n) is 5.65. The number of carbonyl (C=O) groups excluding carboxylic acids is 1. The lowest BCUT2D eigenvalue weighted by molar-refractivity contribution is -0.114. The largest absolute Gasteiger partial charge is 0.369 e. The van der Waals surface area contributed by atoms with Crippen LogP contribution >= 0.6 is 0 Å². The molecule has 0 aromatic heterocycles. The van der Waals surface area contributed by atoms with E-state index in [2.05, 4.69) is 4.99 Å². The van der Waals surface area contributed by atoms with Crippen molar-refractivity contribution >= 4 is 17.9 Å². The van der Waals surface area contributed by atoms with Gasteiger partial charge in [0.15, 0.2) is 0 Å². The predicted octanol–water partition coefficient (Wildman–Crippen LogP) is 1.76. The van der Waals surface area contributed by atoms with Crippen molar-refractivity contribution in [1.29, 1.82) is 0 Å².